The molecule has 0 bridgehead atoms. The molecule has 1 N–H and O–H groups in total. The zero-order valence-electron chi connectivity index (χ0n) is 17.5. The Morgan fingerprint density at radius 1 is 0.812 bits per heavy atom. The average molecular weight is 443 g/mol. The molecule has 4 rings (SSSR count). The number of rotatable bonds is 7. The lowest BCUT2D eigenvalue weighted by Crippen LogP contribution is -2.14. The van der Waals surface area contributed by atoms with Crippen molar-refractivity contribution in [1.82, 2.24) is 9.97 Å². The van der Waals surface area contributed by atoms with E-state index in [2.05, 4.69) is 14.7 Å². The van der Waals surface area contributed by atoms with Crippen molar-refractivity contribution >= 4 is 21.9 Å². The largest absolute Gasteiger partial charge is 0.279 e. The maximum absolute atomic E-state index is 12.9. The Labute approximate surface area is 187 Å². The van der Waals surface area contributed by atoms with Gasteiger partial charge in [0.15, 0.2) is 0 Å². The van der Waals surface area contributed by atoms with Crippen LogP contribution in [0.15, 0.2) is 107 Å². The van der Waals surface area contributed by atoms with E-state index in [4.69, 9.17) is 4.99 Å². The quantitative estimate of drug-likeness (QED) is 0.417. The summed E-state index contributed by atoms with van der Waals surface area (Å²) in [6.45, 7) is 1.91. The highest BCUT2D eigenvalue weighted by Crippen LogP contribution is 2.24. The van der Waals surface area contributed by atoms with Crippen LogP contribution in [0.2, 0.25) is 0 Å². The van der Waals surface area contributed by atoms with Gasteiger partial charge in [-0.15, -0.1) is 0 Å². The molecule has 0 aliphatic heterocycles. The molecule has 0 saturated carbocycles. The van der Waals surface area contributed by atoms with E-state index in [1.54, 1.807) is 55.0 Å². The normalized spacial score (nSPS) is 11.7. The van der Waals surface area contributed by atoms with Crippen LogP contribution in [0.3, 0.4) is 0 Å². The third-order valence-corrected chi connectivity index (χ3v) is 6.22. The van der Waals surface area contributed by atoms with Crippen LogP contribution in [0.4, 0.5) is 5.69 Å². The number of aryl methyl sites for hydroxylation is 1. The van der Waals surface area contributed by atoms with E-state index in [0.717, 1.165) is 17.0 Å². The molecule has 0 aliphatic carbocycles. The summed E-state index contributed by atoms with van der Waals surface area (Å²) in [6.07, 6.45) is 5.08. The van der Waals surface area contributed by atoms with Gasteiger partial charge in [-0.3, -0.25) is 19.7 Å². The number of anilines is 1. The number of hydrogen-bond acceptors (Lipinski definition) is 5. The molecule has 32 heavy (non-hydrogen) atoms. The second-order valence-corrected chi connectivity index (χ2v) is 8.88. The minimum atomic E-state index is -3.73. The zero-order valence-corrected chi connectivity index (χ0v) is 18.3. The van der Waals surface area contributed by atoms with Crippen molar-refractivity contribution in [2.75, 3.05) is 4.72 Å². The minimum Gasteiger partial charge on any atom is -0.279 e. The van der Waals surface area contributed by atoms with Crippen molar-refractivity contribution in [2.24, 2.45) is 4.99 Å². The van der Waals surface area contributed by atoms with Crippen LogP contribution in [0, 0.1) is 6.92 Å². The zero-order chi connectivity index (χ0) is 22.4. The summed E-state index contributed by atoms with van der Waals surface area (Å²) in [4.78, 5) is 13.8. The van der Waals surface area contributed by atoms with E-state index >= 15 is 0 Å². The highest BCUT2D eigenvalue weighted by atomic mass is 32.2. The van der Waals surface area contributed by atoms with Gasteiger partial charge >= 0.3 is 0 Å². The fraction of sp³-hybridized carbons (Fsp3) is 0.0800. The van der Waals surface area contributed by atoms with Gasteiger partial charge in [0.25, 0.3) is 10.0 Å². The van der Waals surface area contributed by atoms with Crippen LogP contribution in [-0.4, -0.2) is 24.6 Å². The molecule has 0 amide bonds. The molecule has 160 valence electrons. The molecule has 4 aromatic rings. The summed E-state index contributed by atoms with van der Waals surface area (Å²) < 4.78 is 28.4. The Kier molecular flexibility index (Phi) is 6.37. The van der Waals surface area contributed by atoms with Gasteiger partial charge in [-0.2, -0.15) is 0 Å². The molecule has 2 aromatic heterocycles. The molecule has 2 heterocycles. The van der Waals surface area contributed by atoms with Crippen LogP contribution in [-0.2, 0) is 10.0 Å². The van der Waals surface area contributed by atoms with Gasteiger partial charge in [-0.05, 0) is 49.4 Å². The highest BCUT2D eigenvalue weighted by molar-refractivity contribution is 7.92. The summed E-state index contributed by atoms with van der Waals surface area (Å²) in [5.41, 5.74) is 3.57. The molecule has 0 aliphatic rings. The molecule has 2 aromatic carbocycles. The molecule has 6 nitrogen and oxygen atoms in total. The first-order chi connectivity index (χ1) is 15.5. The van der Waals surface area contributed by atoms with Crippen LogP contribution in [0.1, 0.15) is 28.6 Å². The van der Waals surface area contributed by atoms with E-state index in [1.807, 2.05) is 55.5 Å². The van der Waals surface area contributed by atoms with E-state index in [-0.39, 0.29) is 4.90 Å². The van der Waals surface area contributed by atoms with Crippen molar-refractivity contribution < 1.29 is 8.42 Å². The molecule has 7 heteroatoms. The number of nitrogens with one attached hydrogen (secondary N) is 1. The Morgan fingerprint density at radius 2 is 1.41 bits per heavy atom. The number of nitrogens with zero attached hydrogens (tertiary/aromatic N) is 3. The van der Waals surface area contributed by atoms with E-state index in [0.29, 0.717) is 11.3 Å². The van der Waals surface area contributed by atoms with Crippen molar-refractivity contribution in [2.45, 2.75) is 17.9 Å². The summed E-state index contributed by atoms with van der Waals surface area (Å²) in [5.74, 6) is 0. The van der Waals surface area contributed by atoms with Gasteiger partial charge < -0.3 is 0 Å². The van der Waals surface area contributed by atoms with Crippen molar-refractivity contribution in [3.63, 3.8) is 0 Å². The first-order valence-electron chi connectivity index (χ1n) is 10.1. The van der Waals surface area contributed by atoms with Crippen LogP contribution in [0.25, 0.3) is 0 Å². The molecule has 0 unspecified atom stereocenters. The first kappa shape index (κ1) is 21.4. The fourth-order valence-corrected chi connectivity index (χ4v) is 4.25. The summed E-state index contributed by atoms with van der Waals surface area (Å²) in [6, 6.07) is 24.7. The lowest BCUT2D eigenvalue weighted by molar-refractivity contribution is 0.601. The number of aromatic nitrogens is 2. The van der Waals surface area contributed by atoms with Gasteiger partial charge in [-0.1, -0.05) is 48.0 Å². The van der Waals surface area contributed by atoms with E-state index < -0.39 is 16.1 Å². The number of aliphatic imine (C=N–C) groups is 1. The third kappa shape index (κ3) is 5.07. The van der Waals surface area contributed by atoms with Gasteiger partial charge in [-0.25, -0.2) is 8.42 Å². The number of sulfonamides is 1. The number of para-hydroxylation sites is 1. The third-order valence-electron chi connectivity index (χ3n) is 4.83. The second-order valence-electron chi connectivity index (χ2n) is 7.20. The van der Waals surface area contributed by atoms with Crippen LogP contribution in [0.5, 0.6) is 0 Å². The Bertz CT molecular complexity index is 1270. The molecular weight excluding hydrogens is 420 g/mol. The van der Waals surface area contributed by atoms with Gasteiger partial charge in [0.05, 0.1) is 22.0 Å². The molecule has 0 fully saturated rings. The predicted octanol–water partition coefficient (Wildman–Crippen LogP) is 4.79. The number of hydrogen-bond donors (Lipinski definition) is 1. The van der Waals surface area contributed by atoms with Gasteiger partial charge in [0.2, 0.25) is 0 Å². The maximum Gasteiger partial charge on any atom is 0.261 e. The minimum absolute atomic E-state index is 0.203. The van der Waals surface area contributed by atoms with E-state index in [1.165, 1.54) is 0 Å². The highest BCUT2D eigenvalue weighted by Gasteiger charge is 2.17. The molecule has 0 saturated heterocycles. The van der Waals surface area contributed by atoms with E-state index in [9.17, 15) is 8.42 Å². The second kappa shape index (κ2) is 9.53. The van der Waals surface area contributed by atoms with Crippen LogP contribution < -0.4 is 4.72 Å². The summed E-state index contributed by atoms with van der Waals surface area (Å²) in [7, 11) is -3.73. The van der Waals surface area contributed by atoms with Gasteiger partial charge in [0, 0.05) is 24.2 Å². The average Bonchev–Trinajstić information content (AvgIpc) is 2.82. The number of pyridine rings is 2. The van der Waals surface area contributed by atoms with Crippen molar-refractivity contribution in [3.05, 3.63) is 120 Å². The van der Waals surface area contributed by atoms with Crippen molar-refractivity contribution in [1.29, 1.82) is 0 Å². The molecule has 0 atom stereocenters. The Morgan fingerprint density at radius 3 is 2.00 bits per heavy atom. The number of benzene rings is 2. The molecular formula is C25H22N4O2S. The topological polar surface area (TPSA) is 84.3 Å². The maximum atomic E-state index is 12.9. The van der Waals surface area contributed by atoms with Crippen LogP contribution >= 0.6 is 0 Å². The van der Waals surface area contributed by atoms with Gasteiger partial charge in [0.1, 0.15) is 6.04 Å². The smallest absolute Gasteiger partial charge is 0.261 e. The lowest BCUT2D eigenvalue weighted by atomic mass is 10.1. The summed E-state index contributed by atoms with van der Waals surface area (Å²) in [5, 5.41) is 0. The standard InChI is InChI=1S/C25H22N4O2S/c1-19-12-14-21(15-13-19)32(30,31)29-22-9-3-2-8-20(22)18-28-25(23-10-4-6-16-26-23)24-11-5-7-17-27-24/h2-18,25,29H,1H3. The first-order valence-corrected chi connectivity index (χ1v) is 11.5. The Hall–Kier alpha value is -3.84. The summed E-state index contributed by atoms with van der Waals surface area (Å²) >= 11 is 0. The Balaban J connectivity index is 1.66. The molecule has 0 spiro atoms. The SMILES string of the molecule is Cc1ccc(S(=O)(=O)Nc2ccccc2C=NC(c2ccccn2)c2ccccn2)cc1. The fourth-order valence-electron chi connectivity index (χ4n) is 3.16. The molecule has 0 radical (unpaired) electrons. The monoisotopic (exact) mass is 442 g/mol. The lowest BCUT2D eigenvalue weighted by Gasteiger charge is -2.13. The van der Waals surface area contributed by atoms with Crippen molar-refractivity contribution in [3.8, 4) is 0 Å². The predicted molar refractivity (Wildman–Crippen MR) is 126 cm³/mol.